The number of rotatable bonds is 3. The molecule has 0 atom stereocenters. The Morgan fingerprint density at radius 1 is 1.20 bits per heavy atom. The van der Waals surface area contributed by atoms with Crippen molar-refractivity contribution in [2.75, 3.05) is 6.54 Å². The maximum absolute atomic E-state index is 5.30. The predicted octanol–water partition coefficient (Wildman–Crippen LogP) is 1.97. The van der Waals surface area contributed by atoms with E-state index in [0.29, 0.717) is 0 Å². The molecule has 1 aromatic carbocycles. The van der Waals surface area contributed by atoms with Gasteiger partial charge in [0, 0.05) is 6.54 Å². The van der Waals surface area contributed by atoms with Gasteiger partial charge in [0.25, 0.3) is 0 Å². The highest BCUT2D eigenvalue weighted by molar-refractivity contribution is 6.13. The minimum absolute atomic E-state index is 0.825. The lowest BCUT2D eigenvalue weighted by Gasteiger charge is -1.96. The number of hydrogen-bond donors (Lipinski definition) is 1. The van der Waals surface area contributed by atoms with E-state index >= 15 is 0 Å². The van der Waals surface area contributed by atoms with Crippen LogP contribution >= 0.6 is 11.8 Å². The fourth-order valence-electron chi connectivity index (χ4n) is 0.836. The summed E-state index contributed by atoms with van der Waals surface area (Å²) in [5, 5.41) is 0. The van der Waals surface area contributed by atoms with E-state index in [4.69, 9.17) is 11.8 Å². The van der Waals surface area contributed by atoms with Crippen molar-refractivity contribution in [2.45, 2.75) is 6.42 Å². The molecule has 0 radical (unpaired) electrons. The molecule has 0 aliphatic heterocycles. The van der Waals surface area contributed by atoms with E-state index in [1.54, 1.807) is 0 Å². The summed E-state index contributed by atoms with van der Waals surface area (Å²) in [7, 11) is 0. The summed E-state index contributed by atoms with van der Waals surface area (Å²) < 4.78 is 0. The van der Waals surface area contributed by atoms with Crippen LogP contribution in [0.4, 0.5) is 0 Å². The average molecular weight is 156 g/mol. The molecule has 54 valence electrons. The Bertz CT molecular complexity index is 174. The van der Waals surface area contributed by atoms with Crippen LogP contribution in [0.1, 0.15) is 5.56 Å². The van der Waals surface area contributed by atoms with Crippen LogP contribution in [0.25, 0.3) is 0 Å². The van der Waals surface area contributed by atoms with Crippen molar-refractivity contribution >= 4 is 11.8 Å². The molecule has 2 heteroatoms. The quantitative estimate of drug-likeness (QED) is 0.659. The summed E-state index contributed by atoms with van der Waals surface area (Å²) in [6.45, 7) is 0.825. The number of halogens is 1. The highest BCUT2D eigenvalue weighted by Gasteiger charge is 1.87. The first-order valence-corrected chi connectivity index (χ1v) is 3.68. The van der Waals surface area contributed by atoms with Crippen molar-refractivity contribution in [3.63, 3.8) is 0 Å². The fraction of sp³-hybridized carbons (Fsp3) is 0.250. The van der Waals surface area contributed by atoms with Gasteiger partial charge in [0.2, 0.25) is 0 Å². The van der Waals surface area contributed by atoms with Crippen molar-refractivity contribution < 1.29 is 0 Å². The highest BCUT2D eigenvalue weighted by atomic mass is 35.5. The van der Waals surface area contributed by atoms with Gasteiger partial charge in [-0.05, 0) is 23.8 Å². The molecule has 10 heavy (non-hydrogen) atoms. The maximum Gasteiger partial charge on any atom is 0.0148 e. The molecule has 0 spiro atoms. The van der Waals surface area contributed by atoms with Crippen molar-refractivity contribution in [3.8, 4) is 0 Å². The molecule has 0 heterocycles. The first-order valence-electron chi connectivity index (χ1n) is 3.31. The first kappa shape index (κ1) is 7.58. The lowest BCUT2D eigenvalue weighted by atomic mass is 10.2. The third-order valence-electron chi connectivity index (χ3n) is 1.35. The smallest absolute Gasteiger partial charge is 0.0148 e. The topological polar surface area (TPSA) is 12.0 Å². The summed E-state index contributed by atoms with van der Waals surface area (Å²) in [6, 6.07) is 10.3. The van der Waals surface area contributed by atoms with Crippen LogP contribution < -0.4 is 4.84 Å². The molecule has 1 nitrogen and oxygen atoms in total. The van der Waals surface area contributed by atoms with E-state index in [9.17, 15) is 0 Å². The molecule has 0 aliphatic carbocycles. The Kier molecular flexibility index (Phi) is 3.27. The van der Waals surface area contributed by atoms with Crippen molar-refractivity contribution in [3.05, 3.63) is 35.9 Å². The van der Waals surface area contributed by atoms with Crippen LogP contribution in [0.15, 0.2) is 30.3 Å². The Morgan fingerprint density at radius 3 is 2.50 bits per heavy atom. The monoisotopic (exact) mass is 155 g/mol. The van der Waals surface area contributed by atoms with Crippen LogP contribution in [-0.4, -0.2) is 6.54 Å². The molecule has 0 bridgehead atoms. The SMILES string of the molecule is ClNCCc1ccccc1. The van der Waals surface area contributed by atoms with Gasteiger partial charge in [-0.2, -0.15) is 0 Å². The standard InChI is InChI=1S/C8H10ClN/c9-10-7-6-8-4-2-1-3-5-8/h1-5,10H,6-7H2. The molecule has 0 aromatic heterocycles. The molecule has 0 amide bonds. The second kappa shape index (κ2) is 4.31. The van der Waals surface area contributed by atoms with Crippen LogP contribution in [0.3, 0.4) is 0 Å². The summed E-state index contributed by atoms with van der Waals surface area (Å²) in [6.07, 6.45) is 0.990. The number of nitrogens with one attached hydrogen (secondary N) is 1. The molecular weight excluding hydrogens is 146 g/mol. The molecule has 0 aliphatic rings. The molecule has 0 unspecified atom stereocenters. The third kappa shape index (κ3) is 2.38. The molecular formula is C8H10ClN. The van der Waals surface area contributed by atoms with Crippen LogP contribution in [-0.2, 0) is 6.42 Å². The van der Waals surface area contributed by atoms with Gasteiger partial charge in [-0.15, -0.1) is 0 Å². The molecule has 1 N–H and O–H groups in total. The normalized spacial score (nSPS) is 9.70. The van der Waals surface area contributed by atoms with Gasteiger partial charge in [-0.1, -0.05) is 30.3 Å². The largest absolute Gasteiger partial charge is 0.233 e. The van der Waals surface area contributed by atoms with Crippen LogP contribution in [0.5, 0.6) is 0 Å². The zero-order chi connectivity index (χ0) is 7.23. The molecule has 0 saturated heterocycles. The zero-order valence-electron chi connectivity index (χ0n) is 5.68. The van der Waals surface area contributed by atoms with Gasteiger partial charge >= 0.3 is 0 Å². The third-order valence-corrected chi connectivity index (χ3v) is 1.54. The van der Waals surface area contributed by atoms with Crippen molar-refractivity contribution in [2.24, 2.45) is 0 Å². The Labute approximate surface area is 66.1 Å². The average Bonchev–Trinajstić information content (AvgIpc) is 2.03. The highest BCUT2D eigenvalue weighted by Crippen LogP contribution is 1.97. The van der Waals surface area contributed by atoms with Crippen molar-refractivity contribution in [1.82, 2.24) is 4.84 Å². The molecule has 1 rings (SSSR count). The first-order chi connectivity index (χ1) is 4.93. The van der Waals surface area contributed by atoms with E-state index in [1.165, 1.54) is 5.56 Å². The lowest BCUT2D eigenvalue weighted by Crippen LogP contribution is -2.03. The van der Waals surface area contributed by atoms with Gasteiger partial charge < -0.3 is 0 Å². The van der Waals surface area contributed by atoms with Gasteiger partial charge in [-0.25, -0.2) is 4.84 Å². The van der Waals surface area contributed by atoms with Gasteiger partial charge in [0.1, 0.15) is 0 Å². The van der Waals surface area contributed by atoms with E-state index in [1.807, 2.05) is 18.2 Å². The Morgan fingerprint density at radius 2 is 1.90 bits per heavy atom. The van der Waals surface area contributed by atoms with Gasteiger partial charge in [0.05, 0.1) is 0 Å². The summed E-state index contributed by atoms with van der Waals surface area (Å²) in [5.74, 6) is 0. The molecule has 1 aromatic rings. The second-order valence-corrected chi connectivity index (χ2v) is 2.39. The summed E-state index contributed by atoms with van der Waals surface area (Å²) >= 11 is 5.30. The summed E-state index contributed by atoms with van der Waals surface area (Å²) in [5.41, 5.74) is 1.32. The number of benzene rings is 1. The van der Waals surface area contributed by atoms with E-state index in [0.717, 1.165) is 13.0 Å². The summed E-state index contributed by atoms with van der Waals surface area (Å²) in [4.78, 5) is 2.59. The minimum Gasteiger partial charge on any atom is -0.233 e. The molecule has 0 fully saturated rings. The van der Waals surface area contributed by atoms with Gasteiger partial charge in [0.15, 0.2) is 0 Å². The van der Waals surface area contributed by atoms with Crippen molar-refractivity contribution in [1.29, 1.82) is 0 Å². The zero-order valence-corrected chi connectivity index (χ0v) is 6.43. The lowest BCUT2D eigenvalue weighted by molar-refractivity contribution is 0.899. The molecule has 0 saturated carbocycles. The fourth-order valence-corrected chi connectivity index (χ4v) is 0.931. The Hall–Kier alpha value is -0.530. The number of hydrogen-bond acceptors (Lipinski definition) is 1. The van der Waals surface area contributed by atoms with Crippen LogP contribution in [0.2, 0.25) is 0 Å². The van der Waals surface area contributed by atoms with Gasteiger partial charge in [-0.3, -0.25) is 0 Å². The van der Waals surface area contributed by atoms with E-state index in [-0.39, 0.29) is 0 Å². The van der Waals surface area contributed by atoms with E-state index < -0.39 is 0 Å². The maximum atomic E-state index is 5.30. The van der Waals surface area contributed by atoms with Crippen LogP contribution in [0, 0.1) is 0 Å². The second-order valence-electron chi connectivity index (χ2n) is 2.12. The minimum atomic E-state index is 0.825. The Balaban J connectivity index is 2.43. The predicted molar refractivity (Wildman–Crippen MR) is 44.0 cm³/mol. The van der Waals surface area contributed by atoms with E-state index in [2.05, 4.69) is 17.0 Å².